The van der Waals surface area contributed by atoms with E-state index in [1.54, 1.807) is 0 Å². The van der Waals surface area contributed by atoms with Crippen molar-refractivity contribution < 1.29 is 9.53 Å². The van der Waals surface area contributed by atoms with Gasteiger partial charge in [-0.05, 0) is 19.9 Å². The maximum Gasteiger partial charge on any atom is 0.404 e. The van der Waals surface area contributed by atoms with Crippen molar-refractivity contribution in [2.24, 2.45) is 5.73 Å². The second kappa shape index (κ2) is 6.12. The summed E-state index contributed by atoms with van der Waals surface area (Å²) < 4.78 is 6.47. The van der Waals surface area contributed by atoms with Gasteiger partial charge in [0.05, 0.1) is 5.69 Å². The third-order valence-corrected chi connectivity index (χ3v) is 2.02. The van der Waals surface area contributed by atoms with Gasteiger partial charge in [0.25, 0.3) is 0 Å². The molecule has 3 N–H and O–H groups in total. The molecule has 1 aromatic heterocycles. The van der Waals surface area contributed by atoms with Gasteiger partial charge in [0.1, 0.15) is 6.61 Å². The highest BCUT2D eigenvalue weighted by Crippen LogP contribution is 2.03. The lowest BCUT2D eigenvalue weighted by atomic mass is 10.4. The molecule has 0 spiro atoms. The largest absolute Gasteiger partial charge is 0.448 e. The van der Waals surface area contributed by atoms with Crippen molar-refractivity contribution in [1.82, 2.24) is 15.1 Å². The van der Waals surface area contributed by atoms with Crippen LogP contribution in [0.2, 0.25) is 0 Å². The minimum atomic E-state index is -0.745. The molecule has 0 aliphatic carbocycles. The van der Waals surface area contributed by atoms with Crippen molar-refractivity contribution in [2.75, 3.05) is 13.2 Å². The Morgan fingerprint density at radius 2 is 2.44 bits per heavy atom. The van der Waals surface area contributed by atoms with E-state index >= 15 is 0 Å². The monoisotopic (exact) mass is 226 g/mol. The first kappa shape index (κ1) is 12.5. The number of carbonyl (C=O) groups is 1. The summed E-state index contributed by atoms with van der Waals surface area (Å²) in [6.07, 6.45) is 1.20. The fraction of sp³-hybridized carbons (Fsp3) is 0.600. The summed E-state index contributed by atoms with van der Waals surface area (Å²) in [6, 6.07) is 2.33. The number of nitrogens with one attached hydrogen (secondary N) is 1. The van der Waals surface area contributed by atoms with Crippen LogP contribution >= 0.6 is 0 Å². The maximum atomic E-state index is 10.3. The van der Waals surface area contributed by atoms with Gasteiger partial charge in [0.15, 0.2) is 0 Å². The normalized spacial score (nSPS) is 10.7. The van der Waals surface area contributed by atoms with Crippen LogP contribution in [0.4, 0.5) is 4.79 Å². The van der Waals surface area contributed by atoms with Crippen molar-refractivity contribution >= 4 is 6.09 Å². The van der Waals surface area contributed by atoms with E-state index in [9.17, 15) is 4.79 Å². The molecular formula is C10H18N4O2. The number of nitrogens with two attached hydrogens (primary N) is 1. The fourth-order valence-corrected chi connectivity index (χ4v) is 1.20. The van der Waals surface area contributed by atoms with Gasteiger partial charge >= 0.3 is 6.09 Å². The smallest absolute Gasteiger partial charge is 0.404 e. The average Bonchev–Trinajstić information content (AvgIpc) is 2.65. The molecule has 0 radical (unpaired) electrons. The number of rotatable bonds is 6. The molecule has 0 aliphatic heterocycles. The van der Waals surface area contributed by atoms with E-state index in [2.05, 4.69) is 29.0 Å². The SMILES string of the molecule is CC(C)n1ccc(CNCCOC(N)=O)n1. The lowest BCUT2D eigenvalue weighted by Gasteiger charge is -2.04. The van der Waals surface area contributed by atoms with Crippen LogP contribution in [0.1, 0.15) is 25.6 Å². The zero-order valence-electron chi connectivity index (χ0n) is 9.64. The number of carbonyl (C=O) groups excluding carboxylic acids is 1. The molecule has 1 aromatic rings. The molecule has 1 rings (SSSR count). The number of hydrogen-bond donors (Lipinski definition) is 2. The highest BCUT2D eigenvalue weighted by molar-refractivity contribution is 5.64. The number of ether oxygens (including phenoxy) is 1. The van der Waals surface area contributed by atoms with Crippen molar-refractivity contribution in [3.8, 4) is 0 Å². The Morgan fingerprint density at radius 1 is 1.69 bits per heavy atom. The predicted molar refractivity (Wildman–Crippen MR) is 59.9 cm³/mol. The van der Waals surface area contributed by atoms with Crippen LogP contribution in [-0.4, -0.2) is 29.0 Å². The molecule has 0 aliphatic rings. The highest BCUT2D eigenvalue weighted by Gasteiger charge is 2.01. The molecule has 6 nitrogen and oxygen atoms in total. The molecule has 6 heteroatoms. The van der Waals surface area contributed by atoms with Crippen molar-refractivity contribution in [2.45, 2.75) is 26.4 Å². The number of nitrogens with zero attached hydrogens (tertiary/aromatic N) is 2. The first-order chi connectivity index (χ1) is 7.59. The summed E-state index contributed by atoms with van der Waals surface area (Å²) in [5, 5.41) is 7.46. The number of hydrogen-bond acceptors (Lipinski definition) is 4. The van der Waals surface area contributed by atoms with E-state index in [0.29, 0.717) is 19.1 Å². The van der Waals surface area contributed by atoms with E-state index in [4.69, 9.17) is 5.73 Å². The van der Waals surface area contributed by atoms with Crippen molar-refractivity contribution in [3.63, 3.8) is 0 Å². The lowest BCUT2D eigenvalue weighted by molar-refractivity contribution is 0.157. The molecule has 0 atom stereocenters. The first-order valence-corrected chi connectivity index (χ1v) is 5.26. The summed E-state index contributed by atoms with van der Waals surface area (Å²) in [7, 11) is 0. The Kier molecular flexibility index (Phi) is 4.78. The number of aromatic nitrogens is 2. The molecule has 0 fully saturated rings. The van der Waals surface area contributed by atoms with Crippen LogP contribution in [0.5, 0.6) is 0 Å². The molecule has 0 saturated carbocycles. The fourth-order valence-electron chi connectivity index (χ4n) is 1.20. The Bertz CT molecular complexity index is 335. The van der Waals surface area contributed by atoms with E-state index in [1.807, 2.05) is 16.9 Å². The topological polar surface area (TPSA) is 82.2 Å². The second-order valence-electron chi connectivity index (χ2n) is 3.73. The Hall–Kier alpha value is -1.56. The van der Waals surface area contributed by atoms with Crippen molar-refractivity contribution in [1.29, 1.82) is 0 Å². The highest BCUT2D eigenvalue weighted by atomic mass is 16.5. The molecule has 90 valence electrons. The van der Waals surface area contributed by atoms with E-state index < -0.39 is 6.09 Å². The van der Waals surface area contributed by atoms with Crippen LogP contribution in [-0.2, 0) is 11.3 Å². The molecule has 0 bridgehead atoms. The predicted octanol–water partition coefficient (Wildman–Crippen LogP) is 0.649. The maximum absolute atomic E-state index is 10.3. The second-order valence-corrected chi connectivity index (χ2v) is 3.73. The van der Waals surface area contributed by atoms with Gasteiger partial charge in [-0.3, -0.25) is 4.68 Å². The Morgan fingerprint density at radius 3 is 3.00 bits per heavy atom. The quantitative estimate of drug-likeness (QED) is 0.698. The van der Waals surface area contributed by atoms with Crippen LogP contribution in [0.15, 0.2) is 12.3 Å². The summed E-state index contributed by atoms with van der Waals surface area (Å²) >= 11 is 0. The number of amides is 1. The van der Waals surface area contributed by atoms with Crippen LogP contribution < -0.4 is 11.1 Å². The van der Waals surface area contributed by atoms with Gasteiger partial charge in [-0.25, -0.2) is 4.79 Å². The third kappa shape index (κ3) is 4.31. The molecule has 1 amide bonds. The molecule has 0 saturated heterocycles. The van der Waals surface area contributed by atoms with Crippen LogP contribution in [0, 0.1) is 0 Å². The van der Waals surface area contributed by atoms with E-state index in [0.717, 1.165) is 5.69 Å². The molecule has 16 heavy (non-hydrogen) atoms. The molecule has 1 heterocycles. The van der Waals surface area contributed by atoms with Crippen molar-refractivity contribution in [3.05, 3.63) is 18.0 Å². The van der Waals surface area contributed by atoms with Gasteiger partial charge < -0.3 is 15.8 Å². The minimum absolute atomic E-state index is 0.278. The third-order valence-electron chi connectivity index (χ3n) is 2.02. The molecule has 0 aromatic carbocycles. The van der Waals surface area contributed by atoms with Crippen LogP contribution in [0.3, 0.4) is 0 Å². The Labute approximate surface area is 94.8 Å². The van der Waals surface area contributed by atoms with Gasteiger partial charge in [0, 0.05) is 25.3 Å². The van der Waals surface area contributed by atoms with Gasteiger partial charge in [-0.2, -0.15) is 5.10 Å². The van der Waals surface area contributed by atoms with E-state index in [-0.39, 0.29) is 6.61 Å². The Balaban J connectivity index is 2.19. The summed E-state index contributed by atoms with van der Waals surface area (Å²) in [4.78, 5) is 10.3. The standard InChI is InChI=1S/C10H18N4O2/c1-8(2)14-5-3-9(13-14)7-12-4-6-16-10(11)15/h3,5,8,12H,4,6-7H2,1-2H3,(H2,11,15). The molecule has 0 unspecified atom stereocenters. The zero-order valence-corrected chi connectivity index (χ0v) is 9.64. The minimum Gasteiger partial charge on any atom is -0.448 e. The van der Waals surface area contributed by atoms with Gasteiger partial charge in [-0.15, -0.1) is 0 Å². The summed E-state index contributed by atoms with van der Waals surface area (Å²) in [5.41, 5.74) is 5.78. The number of primary amides is 1. The summed E-state index contributed by atoms with van der Waals surface area (Å²) in [6.45, 7) is 5.65. The van der Waals surface area contributed by atoms with Gasteiger partial charge in [0.2, 0.25) is 0 Å². The lowest BCUT2D eigenvalue weighted by Crippen LogP contribution is -2.23. The van der Waals surface area contributed by atoms with E-state index in [1.165, 1.54) is 0 Å². The van der Waals surface area contributed by atoms with Crippen LogP contribution in [0.25, 0.3) is 0 Å². The zero-order chi connectivity index (χ0) is 12.0. The average molecular weight is 226 g/mol. The van der Waals surface area contributed by atoms with Gasteiger partial charge in [-0.1, -0.05) is 0 Å². The summed E-state index contributed by atoms with van der Waals surface area (Å²) in [5.74, 6) is 0. The first-order valence-electron chi connectivity index (χ1n) is 5.26. The molecular weight excluding hydrogens is 208 g/mol.